The molecule has 4 heteroatoms. The van der Waals surface area contributed by atoms with Crippen molar-refractivity contribution in [3.05, 3.63) is 79.3 Å². The maximum atomic E-state index is 6.30. The molecule has 0 fully saturated rings. The lowest BCUT2D eigenvalue weighted by Crippen LogP contribution is -1.97. The van der Waals surface area contributed by atoms with Gasteiger partial charge in [0.2, 0.25) is 0 Å². The van der Waals surface area contributed by atoms with Crippen molar-refractivity contribution < 1.29 is 0 Å². The maximum Gasteiger partial charge on any atom is 0.0661 e. The van der Waals surface area contributed by atoms with E-state index in [1.54, 1.807) is 0 Å². The Morgan fingerprint density at radius 1 is 0.857 bits per heavy atom. The van der Waals surface area contributed by atoms with Crippen molar-refractivity contribution in [1.82, 2.24) is 0 Å². The predicted molar refractivity (Wildman–Crippen MR) is 104 cm³/mol. The summed E-state index contributed by atoms with van der Waals surface area (Å²) in [6, 6.07) is 18.1. The van der Waals surface area contributed by atoms with Crippen LogP contribution in [0.1, 0.15) is 16.0 Å². The molecule has 0 aliphatic heterocycles. The first-order chi connectivity index (χ1) is 10.1. The first kappa shape index (κ1) is 15.6. The van der Waals surface area contributed by atoms with Crippen LogP contribution in [0.2, 0.25) is 10.0 Å². The number of hydrogen-bond donors (Lipinski definition) is 0. The summed E-state index contributed by atoms with van der Waals surface area (Å²) in [5.41, 5.74) is 2.35. The molecule has 0 amide bonds. The van der Waals surface area contributed by atoms with Gasteiger partial charge in [-0.2, -0.15) is 0 Å². The molecule has 0 aliphatic rings. The van der Waals surface area contributed by atoms with Crippen molar-refractivity contribution in [2.45, 2.75) is 4.83 Å². The van der Waals surface area contributed by atoms with Crippen LogP contribution in [0.5, 0.6) is 0 Å². The third-order valence-corrected chi connectivity index (χ3v) is 5.94. The molecule has 3 aromatic rings. The molecular weight excluding hydrogens is 482 g/mol. The van der Waals surface area contributed by atoms with Gasteiger partial charge in [-0.15, -0.1) is 0 Å². The number of hydrogen-bond acceptors (Lipinski definition) is 0. The number of alkyl halides is 1. The van der Waals surface area contributed by atoms with Crippen molar-refractivity contribution in [2.24, 2.45) is 0 Å². The highest BCUT2D eigenvalue weighted by atomic mass is 127. The van der Waals surface area contributed by atoms with E-state index in [2.05, 4.69) is 50.7 Å². The second kappa shape index (κ2) is 6.45. The fourth-order valence-corrected chi connectivity index (χ4v) is 4.64. The molecule has 106 valence electrons. The van der Waals surface area contributed by atoms with E-state index < -0.39 is 0 Å². The van der Waals surface area contributed by atoms with Crippen LogP contribution >= 0.6 is 61.7 Å². The van der Waals surface area contributed by atoms with Crippen LogP contribution in [0.25, 0.3) is 10.8 Å². The van der Waals surface area contributed by atoms with Crippen LogP contribution in [-0.4, -0.2) is 0 Å². The van der Waals surface area contributed by atoms with Crippen LogP contribution in [0, 0.1) is 3.57 Å². The third-order valence-electron chi connectivity index (χ3n) is 3.41. The zero-order valence-electron chi connectivity index (χ0n) is 10.8. The Morgan fingerprint density at radius 3 is 2.33 bits per heavy atom. The normalized spacial score (nSPS) is 12.6. The summed E-state index contributed by atoms with van der Waals surface area (Å²) in [4.78, 5) is 0.0743. The van der Waals surface area contributed by atoms with Gasteiger partial charge in [0, 0.05) is 19.0 Å². The molecule has 0 bridgehead atoms. The number of halogens is 4. The molecule has 0 spiro atoms. The fraction of sp³-hybridized carbons (Fsp3) is 0.0588. The highest BCUT2D eigenvalue weighted by molar-refractivity contribution is 14.1. The van der Waals surface area contributed by atoms with E-state index in [4.69, 9.17) is 23.2 Å². The highest BCUT2D eigenvalue weighted by Crippen LogP contribution is 2.39. The molecule has 1 atom stereocenters. The topological polar surface area (TPSA) is 0 Å². The lowest BCUT2D eigenvalue weighted by Gasteiger charge is -2.16. The maximum absolute atomic E-state index is 6.30. The van der Waals surface area contributed by atoms with E-state index in [9.17, 15) is 0 Å². The number of benzene rings is 3. The minimum atomic E-state index is 0.0743. The van der Waals surface area contributed by atoms with Crippen LogP contribution in [0.3, 0.4) is 0 Å². The Kier molecular flexibility index (Phi) is 4.79. The summed E-state index contributed by atoms with van der Waals surface area (Å²) >= 11 is 18.6. The van der Waals surface area contributed by atoms with E-state index in [-0.39, 0.29) is 4.83 Å². The zero-order chi connectivity index (χ0) is 15.0. The Hall–Kier alpha value is -0.290. The van der Waals surface area contributed by atoms with Crippen LogP contribution in [0.15, 0.2) is 54.6 Å². The fourth-order valence-electron chi connectivity index (χ4n) is 2.38. The molecule has 3 rings (SSSR count). The molecule has 0 heterocycles. The van der Waals surface area contributed by atoms with Crippen molar-refractivity contribution in [2.75, 3.05) is 0 Å². The van der Waals surface area contributed by atoms with E-state index in [1.807, 2.05) is 42.5 Å². The summed E-state index contributed by atoms with van der Waals surface area (Å²) < 4.78 is 1.18. The van der Waals surface area contributed by atoms with Crippen LogP contribution in [-0.2, 0) is 0 Å². The first-order valence-electron chi connectivity index (χ1n) is 6.34. The summed E-state index contributed by atoms with van der Waals surface area (Å²) in [7, 11) is 0. The molecule has 1 unspecified atom stereocenters. The summed E-state index contributed by atoms with van der Waals surface area (Å²) in [6.45, 7) is 0. The summed E-state index contributed by atoms with van der Waals surface area (Å²) in [5.74, 6) is 0. The monoisotopic (exact) mass is 490 g/mol. The quantitative estimate of drug-likeness (QED) is 0.262. The van der Waals surface area contributed by atoms with Crippen molar-refractivity contribution in [1.29, 1.82) is 0 Å². The largest absolute Gasteiger partial charge is 0.0843 e. The Labute approximate surface area is 155 Å². The molecule has 0 aliphatic carbocycles. The Morgan fingerprint density at radius 2 is 1.57 bits per heavy atom. The minimum Gasteiger partial charge on any atom is -0.0843 e. The first-order valence-corrected chi connectivity index (χ1v) is 9.09. The van der Waals surface area contributed by atoms with E-state index in [1.165, 1.54) is 9.13 Å². The molecule has 0 radical (unpaired) electrons. The molecule has 21 heavy (non-hydrogen) atoms. The lowest BCUT2D eigenvalue weighted by molar-refractivity contribution is 1.18. The van der Waals surface area contributed by atoms with E-state index >= 15 is 0 Å². The second-order valence-corrected chi connectivity index (χ2v) is 7.63. The smallest absolute Gasteiger partial charge is 0.0661 e. The standard InChI is InChI=1S/C17H10BrCl2I/c18-17(14-9-10(19)5-8-16(14)21)13-6-7-15(20)12-4-2-1-3-11(12)13/h1-9,17H. The third kappa shape index (κ3) is 3.09. The van der Waals surface area contributed by atoms with Crippen molar-refractivity contribution >= 4 is 72.5 Å². The summed E-state index contributed by atoms with van der Waals surface area (Å²) in [5, 5.41) is 3.74. The molecule has 0 saturated carbocycles. The SMILES string of the molecule is Clc1ccc(I)c(C(Br)c2ccc(Cl)c3ccccc23)c1. The minimum absolute atomic E-state index is 0.0743. The van der Waals surface area contributed by atoms with Gasteiger partial charge in [-0.25, -0.2) is 0 Å². The van der Waals surface area contributed by atoms with Gasteiger partial charge in [-0.1, -0.05) is 69.5 Å². The number of fused-ring (bicyclic) bond motifs is 1. The van der Waals surface area contributed by atoms with Crippen LogP contribution in [0.4, 0.5) is 0 Å². The second-order valence-electron chi connectivity index (χ2n) is 4.71. The highest BCUT2D eigenvalue weighted by Gasteiger charge is 2.17. The van der Waals surface area contributed by atoms with Crippen molar-refractivity contribution in [3.63, 3.8) is 0 Å². The van der Waals surface area contributed by atoms with E-state index in [0.717, 1.165) is 26.4 Å². The zero-order valence-corrected chi connectivity index (χ0v) is 16.0. The van der Waals surface area contributed by atoms with Crippen LogP contribution < -0.4 is 0 Å². The average molecular weight is 492 g/mol. The van der Waals surface area contributed by atoms with Gasteiger partial charge >= 0.3 is 0 Å². The van der Waals surface area contributed by atoms with Gasteiger partial charge in [0.15, 0.2) is 0 Å². The molecule has 0 aromatic heterocycles. The molecule has 0 N–H and O–H groups in total. The molecule has 3 aromatic carbocycles. The number of rotatable bonds is 2. The van der Waals surface area contributed by atoms with Gasteiger partial charge in [-0.05, 0) is 63.4 Å². The summed E-state index contributed by atoms with van der Waals surface area (Å²) in [6.07, 6.45) is 0. The molecular formula is C17H10BrCl2I. The van der Waals surface area contributed by atoms with Gasteiger partial charge in [0.1, 0.15) is 0 Å². The molecule has 0 saturated heterocycles. The van der Waals surface area contributed by atoms with Gasteiger partial charge < -0.3 is 0 Å². The molecule has 0 nitrogen and oxygen atoms in total. The Balaban J connectivity index is 2.20. The van der Waals surface area contributed by atoms with Gasteiger partial charge in [-0.3, -0.25) is 0 Å². The van der Waals surface area contributed by atoms with Gasteiger partial charge in [0.05, 0.1) is 4.83 Å². The lowest BCUT2D eigenvalue weighted by atomic mass is 9.98. The van der Waals surface area contributed by atoms with E-state index in [0.29, 0.717) is 0 Å². The Bertz CT molecular complexity index is 817. The van der Waals surface area contributed by atoms with Crippen molar-refractivity contribution in [3.8, 4) is 0 Å². The predicted octanol–water partition coefficient (Wildman–Crippen LogP) is 7.24. The average Bonchev–Trinajstić information content (AvgIpc) is 2.50. The van der Waals surface area contributed by atoms with Gasteiger partial charge in [0.25, 0.3) is 0 Å².